The average molecular weight is 243 g/mol. The third kappa shape index (κ3) is 2.47. The minimum atomic E-state index is -0.133. The second kappa shape index (κ2) is 5.85. The quantitative estimate of drug-likeness (QED) is 0.434. The number of rotatable bonds is 6. The minimum Gasteiger partial charge on any atom is -0.274 e. The van der Waals surface area contributed by atoms with Gasteiger partial charge in [-0.1, -0.05) is 37.7 Å². The molecule has 3 nitrogen and oxygen atoms in total. The second-order valence-electron chi connectivity index (χ2n) is 4.72. The van der Waals surface area contributed by atoms with Crippen molar-refractivity contribution in [1.29, 1.82) is 0 Å². The minimum absolute atomic E-state index is 0.133. The van der Waals surface area contributed by atoms with Crippen LogP contribution in [0.3, 0.4) is 0 Å². The van der Waals surface area contributed by atoms with Gasteiger partial charge in [0.05, 0.1) is 11.1 Å². The molecule has 0 aliphatic carbocycles. The van der Waals surface area contributed by atoms with E-state index in [-0.39, 0.29) is 11.8 Å². The lowest BCUT2D eigenvalue weighted by Crippen LogP contribution is -2.30. The standard InChI is InChI=1S/C14H18BNO2/c15-9-5-1-2-6-10-16-13(17)11-7-3-4-8-12(11)14(16)18/h3-4,7-8H,1-2,5-6,9-10,15H2. The molecule has 0 atom stereocenters. The highest BCUT2D eigenvalue weighted by Gasteiger charge is 2.34. The Morgan fingerprint density at radius 2 is 1.44 bits per heavy atom. The molecule has 94 valence electrons. The maximum atomic E-state index is 12.0. The third-order valence-corrected chi connectivity index (χ3v) is 3.36. The lowest BCUT2D eigenvalue weighted by atomic mass is 9.99. The molecule has 0 unspecified atom stereocenters. The number of benzene rings is 1. The van der Waals surface area contributed by atoms with Crippen LogP contribution in [-0.2, 0) is 0 Å². The van der Waals surface area contributed by atoms with Crippen molar-refractivity contribution in [3.8, 4) is 0 Å². The summed E-state index contributed by atoms with van der Waals surface area (Å²) in [5.74, 6) is -0.266. The van der Waals surface area contributed by atoms with E-state index >= 15 is 0 Å². The number of imide groups is 1. The van der Waals surface area contributed by atoms with Gasteiger partial charge in [0.2, 0.25) is 0 Å². The first-order valence-corrected chi connectivity index (χ1v) is 6.71. The van der Waals surface area contributed by atoms with Gasteiger partial charge in [-0.25, -0.2) is 0 Å². The van der Waals surface area contributed by atoms with Crippen molar-refractivity contribution in [2.75, 3.05) is 6.54 Å². The Hall–Kier alpha value is -1.58. The van der Waals surface area contributed by atoms with E-state index < -0.39 is 0 Å². The fourth-order valence-corrected chi connectivity index (χ4v) is 2.32. The highest BCUT2D eigenvalue weighted by Crippen LogP contribution is 2.22. The average Bonchev–Trinajstić information content (AvgIpc) is 2.64. The largest absolute Gasteiger partial charge is 0.274 e. The first-order chi connectivity index (χ1) is 8.75. The van der Waals surface area contributed by atoms with Crippen LogP contribution in [0.5, 0.6) is 0 Å². The molecule has 4 heteroatoms. The molecule has 2 rings (SSSR count). The van der Waals surface area contributed by atoms with E-state index in [1.165, 1.54) is 24.1 Å². The maximum Gasteiger partial charge on any atom is 0.261 e. The highest BCUT2D eigenvalue weighted by molar-refractivity contribution is 6.21. The van der Waals surface area contributed by atoms with Gasteiger partial charge >= 0.3 is 0 Å². The summed E-state index contributed by atoms with van der Waals surface area (Å²) >= 11 is 0. The summed E-state index contributed by atoms with van der Waals surface area (Å²) in [4.78, 5) is 25.4. The van der Waals surface area contributed by atoms with Crippen LogP contribution < -0.4 is 0 Å². The highest BCUT2D eigenvalue weighted by atomic mass is 16.2. The van der Waals surface area contributed by atoms with Crippen LogP contribution in [0.25, 0.3) is 0 Å². The van der Waals surface area contributed by atoms with Gasteiger partial charge in [-0.05, 0) is 18.6 Å². The van der Waals surface area contributed by atoms with E-state index in [0.717, 1.165) is 12.8 Å². The molecular weight excluding hydrogens is 225 g/mol. The fourth-order valence-electron chi connectivity index (χ4n) is 2.32. The molecule has 18 heavy (non-hydrogen) atoms. The Bertz CT molecular complexity index is 424. The van der Waals surface area contributed by atoms with Gasteiger partial charge in [-0.3, -0.25) is 14.5 Å². The molecule has 0 aromatic heterocycles. The lowest BCUT2D eigenvalue weighted by Gasteiger charge is -2.13. The van der Waals surface area contributed by atoms with Gasteiger partial charge in [-0.15, -0.1) is 0 Å². The van der Waals surface area contributed by atoms with Crippen LogP contribution in [0.1, 0.15) is 46.4 Å². The van der Waals surface area contributed by atoms with Gasteiger partial charge < -0.3 is 0 Å². The summed E-state index contributed by atoms with van der Waals surface area (Å²) in [5.41, 5.74) is 1.10. The van der Waals surface area contributed by atoms with Crippen LogP contribution >= 0.6 is 0 Å². The van der Waals surface area contributed by atoms with Crippen LogP contribution in [0.15, 0.2) is 24.3 Å². The molecule has 1 aromatic rings. The number of hydrogen-bond donors (Lipinski definition) is 0. The SMILES string of the molecule is BCCCCCCN1C(=O)c2ccccc2C1=O. The zero-order chi connectivity index (χ0) is 13.0. The molecule has 0 bridgehead atoms. The number of unbranched alkanes of at least 4 members (excludes halogenated alkanes) is 3. The van der Waals surface area contributed by atoms with Crippen molar-refractivity contribution < 1.29 is 9.59 Å². The van der Waals surface area contributed by atoms with Crippen LogP contribution in [0.2, 0.25) is 6.32 Å². The summed E-state index contributed by atoms with van der Waals surface area (Å²) in [7, 11) is 2.17. The number of carbonyl (C=O) groups is 2. The number of amides is 2. The molecule has 1 heterocycles. The van der Waals surface area contributed by atoms with Crippen molar-refractivity contribution in [3.63, 3.8) is 0 Å². The first-order valence-electron chi connectivity index (χ1n) is 6.71. The van der Waals surface area contributed by atoms with E-state index in [1.807, 2.05) is 0 Å². The molecule has 0 saturated carbocycles. The summed E-state index contributed by atoms with van der Waals surface area (Å²) in [6, 6.07) is 7.06. The Balaban J connectivity index is 1.93. The van der Waals surface area contributed by atoms with Gasteiger partial charge in [0.1, 0.15) is 7.85 Å². The monoisotopic (exact) mass is 243 g/mol. The Morgan fingerprint density at radius 3 is 2.00 bits per heavy atom. The third-order valence-electron chi connectivity index (χ3n) is 3.36. The molecule has 1 aromatic carbocycles. The van der Waals surface area contributed by atoms with Crippen LogP contribution in [-0.4, -0.2) is 31.1 Å². The molecule has 0 fully saturated rings. The van der Waals surface area contributed by atoms with Gasteiger partial charge in [0.25, 0.3) is 11.8 Å². The molecule has 0 radical (unpaired) electrons. The smallest absolute Gasteiger partial charge is 0.261 e. The Morgan fingerprint density at radius 1 is 0.889 bits per heavy atom. The molecule has 0 saturated heterocycles. The molecular formula is C14H18BNO2. The van der Waals surface area contributed by atoms with Gasteiger partial charge in [0.15, 0.2) is 0 Å². The molecule has 0 N–H and O–H groups in total. The van der Waals surface area contributed by atoms with E-state index in [1.54, 1.807) is 24.3 Å². The van der Waals surface area contributed by atoms with Gasteiger partial charge in [-0.2, -0.15) is 0 Å². The van der Waals surface area contributed by atoms with Crippen LogP contribution in [0, 0.1) is 0 Å². The predicted octanol–water partition coefficient (Wildman–Crippen LogP) is 1.89. The van der Waals surface area contributed by atoms with E-state index in [0.29, 0.717) is 17.7 Å². The Labute approximate surface area is 109 Å². The number of hydrogen-bond acceptors (Lipinski definition) is 2. The van der Waals surface area contributed by atoms with E-state index in [9.17, 15) is 9.59 Å². The number of fused-ring (bicyclic) bond motifs is 1. The van der Waals surface area contributed by atoms with Crippen molar-refractivity contribution in [1.82, 2.24) is 4.90 Å². The second-order valence-corrected chi connectivity index (χ2v) is 4.72. The predicted molar refractivity (Wildman–Crippen MR) is 73.6 cm³/mol. The fraction of sp³-hybridized carbons (Fsp3) is 0.429. The molecule has 0 spiro atoms. The molecule has 1 aliphatic rings. The van der Waals surface area contributed by atoms with Crippen molar-refractivity contribution in [2.45, 2.75) is 32.0 Å². The van der Waals surface area contributed by atoms with Crippen LogP contribution in [0.4, 0.5) is 0 Å². The van der Waals surface area contributed by atoms with Gasteiger partial charge in [0, 0.05) is 6.54 Å². The summed E-state index contributed by atoms with van der Waals surface area (Å²) in [6.07, 6.45) is 5.60. The van der Waals surface area contributed by atoms with E-state index in [4.69, 9.17) is 0 Å². The number of carbonyl (C=O) groups excluding carboxylic acids is 2. The molecule has 1 aliphatic heterocycles. The lowest BCUT2D eigenvalue weighted by molar-refractivity contribution is 0.0651. The first kappa shape index (κ1) is 12.9. The van der Waals surface area contributed by atoms with Crippen molar-refractivity contribution in [3.05, 3.63) is 35.4 Å². The number of nitrogens with zero attached hydrogens (tertiary/aromatic N) is 1. The Kier molecular flexibility index (Phi) is 4.18. The van der Waals surface area contributed by atoms with Crippen molar-refractivity contribution >= 4 is 19.7 Å². The summed E-state index contributed by atoms with van der Waals surface area (Å²) in [5, 5.41) is 0. The zero-order valence-electron chi connectivity index (χ0n) is 10.8. The van der Waals surface area contributed by atoms with Crippen molar-refractivity contribution in [2.24, 2.45) is 0 Å². The zero-order valence-corrected chi connectivity index (χ0v) is 10.8. The van der Waals surface area contributed by atoms with E-state index in [2.05, 4.69) is 7.85 Å². The topological polar surface area (TPSA) is 37.4 Å². The maximum absolute atomic E-state index is 12.0. The summed E-state index contributed by atoms with van der Waals surface area (Å²) in [6.45, 7) is 0.552. The molecule has 2 amide bonds. The normalized spacial score (nSPS) is 14.1. The summed E-state index contributed by atoms with van der Waals surface area (Å²) < 4.78 is 0.